The van der Waals surface area contributed by atoms with Crippen molar-refractivity contribution in [1.29, 1.82) is 0 Å². The fraction of sp³-hybridized carbons (Fsp3) is 0.500. The van der Waals surface area contributed by atoms with Crippen molar-refractivity contribution in [3.63, 3.8) is 0 Å². The van der Waals surface area contributed by atoms with Gasteiger partial charge in [0, 0.05) is 12.6 Å². The molecule has 0 aromatic heterocycles. The van der Waals surface area contributed by atoms with Gasteiger partial charge in [-0.05, 0) is 49.9 Å². The van der Waals surface area contributed by atoms with Gasteiger partial charge >= 0.3 is 6.18 Å². The first-order valence-corrected chi connectivity index (χ1v) is 14.9. The lowest BCUT2D eigenvalue weighted by atomic mass is 9.95. The zero-order valence-electron chi connectivity index (χ0n) is 22.5. The van der Waals surface area contributed by atoms with E-state index < -0.39 is 40.3 Å². The largest absolute Gasteiger partial charge is 0.416 e. The summed E-state index contributed by atoms with van der Waals surface area (Å²) in [6, 6.07) is 10.3. The standard InChI is InChI=1S/C28H36F3N3O4S/c1-4-25(27(36)32-23-10-6-5-7-11-23)33(18-21-15-13-20(2)14-16-21)26(35)19-34(39(3,37)38)24-12-8-9-22(17-24)28(29,30)31/h8-9,12-17,23,25H,4-7,10-11,18-19H2,1-3H3,(H,32,36). The summed E-state index contributed by atoms with van der Waals surface area (Å²) in [5.41, 5.74) is 0.431. The molecular weight excluding hydrogens is 531 g/mol. The van der Waals surface area contributed by atoms with Crippen LogP contribution in [0.2, 0.25) is 0 Å². The van der Waals surface area contributed by atoms with E-state index in [0.717, 1.165) is 61.6 Å². The van der Waals surface area contributed by atoms with E-state index in [2.05, 4.69) is 5.32 Å². The summed E-state index contributed by atoms with van der Waals surface area (Å²) in [5, 5.41) is 3.05. The summed E-state index contributed by atoms with van der Waals surface area (Å²) < 4.78 is 66.0. The van der Waals surface area contributed by atoms with Gasteiger partial charge in [-0.3, -0.25) is 13.9 Å². The zero-order valence-corrected chi connectivity index (χ0v) is 23.3. The Hall–Kier alpha value is -3.08. The molecule has 2 aromatic carbocycles. The van der Waals surface area contributed by atoms with Gasteiger partial charge in [0.25, 0.3) is 0 Å². The van der Waals surface area contributed by atoms with E-state index in [4.69, 9.17) is 0 Å². The van der Waals surface area contributed by atoms with Crippen molar-refractivity contribution in [2.24, 2.45) is 0 Å². The molecule has 1 aliphatic rings. The molecule has 0 saturated heterocycles. The van der Waals surface area contributed by atoms with Crippen LogP contribution >= 0.6 is 0 Å². The maximum atomic E-state index is 13.7. The smallest absolute Gasteiger partial charge is 0.352 e. The van der Waals surface area contributed by atoms with Crippen molar-refractivity contribution >= 4 is 27.5 Å². The predicted molar refractivity (Wildman–Crippen MR) is 144 cm³/mol. The van der Waals surface area contributed by atoms with Crippen molar-refractivity contribution in [2.45, 2.75) is 77.2 Å². The summed E-state index contributed by atoms with van der Waals surface area (Å²) in [7, 11) is -4.14. The topological polar surface area (TPSA) is 86.8 Å². The normalized spacial score (nSPS) is 15.4. The molecule has 214 valence electrons. The maximum absolute atomic E-state index is 13.7. The minimum Gasteiger partial charge on any atom is -0.352 e. The third-order valence-electron chi connectivity index (χ3n) is 6.95. The number of halogens is 3. The molecule has 1 fully saturated rings. The molecule has 1 aliphatic carbocycles. The average Bonchev–Trinajstić information content (AvgIpc) is 2.87. The molecule has 0 spiro atoms. The Morgan fingerprint density at radius 3 is 2.26 bits per heavy atom. The number of rotatable bonds is 10. The molecule has 0 heterocycles. The van der Waals surface area contributed by atoms with Crippen molar-refractivity contribution in [3.8, 4) is 0 Å². The Morgan fingerprint density at radius 1 is 1.05 bits per heavy atom. The van der Waals surface area contributed by atoms with Crippen LogP contribution in [0, 0.1) is 6.92 Å². The highest BCUT2D eigenvalue weighted by Crippen LogP contribution is 2.32. The molecule has 1 N–H and O–H groups in total. The van der Waals surface area contributed by atoms with Crippen LogP contribution in [0.4, 0.5) is 18.9 Å². The zero-order chi connectivity index (χ0) is 28.8. The van der Waals surface area contributed by atoms with Gasteiger partial charge in [0.15, 0.2) is 0 Å². The van der Waals surface area contributed by atoms with Gasteiger partial charge in [-0.25, -0.2) is 8.42 Å². The van der Waals surface area contributed by atoms with E-state index in [1.54, 1.807) is 6.92 Å². The lowest BCUT2D eigenvalue weighted by Crippen LogP contribution is -2.53. The number of sulfonamides is 1. The lowest BCUT2D eigenvalue weighted by molar-refractivity contribution is -0.140. The summed E-state index contributed by atoms with van der Waals surface area (Å²) in [6.07, 6.45) is 1.25. The van der Waals surface area contributed by atoms with Gasteiger partial charge in [-0.1, -0.05) is 62.1 Å². The van der Waals surface area contributed by atoms with E-state index in [9.17, 15) is 31.2 Å². The molecule has 11 heteroatoms. The van der Waals surface area contributed by atoms with Crippen molar-refractivity contribution < 1.29 is 31.2 Å². The van der Waals surface area contributed by atoms with Gasteiger partial charge in [0.2, 0.25) is 21.8 Å². The van der Waals surface area contributed by atoms with Gasteiger partial charge in [0.05, 0.1) is 17.5 Å². The second-order valence-corrected chi connectivity index (χ2v) is 12.0. The van der Waals surface area contributed by atoms with Crippen molar-refractivity contribution in [3.05, 3.63) is 65.2 Å². The highest BCUT2D eigenvalue weighted by Gasteiger charge is 2.34. The van der Waals surface area contributed by atoms with Gasteiger partial charge in [-0.2, -0.15) is 13.2 Å². The van der Waals surface area contributed by atoms with E-state index in [-0.39, 0.29) is 30.6 Å². The van der Waals surface area contributed by atoms with Gasteiger partial charge in [-0.15, -0.1) is 0 Å². The monoisotopic (exact) mass is 567 g/mol. The number of benzene rings is 2. The first kappa shape index (κ1) is 30.5. The Labute approximate surface area is 228 Å². The summed E-state index contributed by atoms with van der Waals surface area (Å²) >= 11 is 0. The highest BCUT2D eigenvalue weighted by atomic mass is 32.2. The van der Waals surface area contributed by atoms with Crippen LogP contribution in [0.1, 0.15) is 62.1 Å². The first-order chi connectivity index (χ1) is 18.3. The summed E-state index contributed by atoms with van der Waals surface area (Å²) in [6.45, 7) is 2.97. The van der Waals surface area contributed by atoms with Gasteiger partial charge in [0.1, 0.15) is 12.6 Å². The molecule has 7 nitrogen and oxygen atoms in total. The molecule has 0 aliphatic heterocycles. The number of amides is 2. The Balaban J connectivity index is 1.94. The fourth-order valence-electron chi connectivity index (χ4n) is 4.81. The number of nitrogens with zero attached hydrogens (tertiary/aromatic N) is 2. The third kappa shape index (κ3) is 8.45. The summed E-state index contributed by atoms with van der Waals surface area (Å²) in [4.78, 5) is 28.4. The van der Waals surface area contributed by atoms with E-state index in [1.165, 1.54) is 11.0 Å². The number of nitrogens with one attached hydrogen (secondary N) is 1. The SMILES string of the molecule is CCC(C(=O)NC1CCCCC1)N(Cc1ccc(C)cc1)C(=O)CN(c1cccc(C(F)(F)F)c1)S(C)(=O)=O. The fourth-order valence-corrected chi connectivity index (χ4v) is 5.65. The van der Waals surface area contributed by atoms with Crippen LogP contribution in [-0.4, -0.2) is 50.0 Å². The molecule has 0 bridgehead atoms. The predicted octanol–water partition coefficient (Wildman–Crippen LogP) is 5.04. The van der Waals surface area contributed by atoms with Crippen molar-refractivity contribution in [2.75, 3.05) is 17.1 Å². The van der Waals surface area contributed by atoms with Crippen LogP contribution in [0.25, 0.3) is 0 Å². The van der Waals surface area contributed by atoms with E-state index >= 15 is 0 Å². The first-order valence-electron chi connectivity index (χ1n) is 13.1. The number of alkyl halides is 3. The molecule has 2 amide bonds. The van der Waals surface area contributed by atoms with E-state index in [0.29, 0.717) is 10.4 Å². The highest BCUT2D eigenvalue weighted by molar-refractivity contribution is 7.92. The summed E-state index contributed by atoms with van der Waals surface area (Å²) in [5.74, 6) is -1.01. The number of aryl methyl sites for hydroxylation is 1. The van der Waals surface area contributed by atoms with Crippen LogP contribution < -0.4 is 9.62 Å². The molecule has 1 saturated carbocycles. The van der Waals surface area contributed by atoms with E-state index in [1.807, 2.05) is 31.2 Å². The molecule has 2 aromatic rings. The molecule has 0 radical (unpaired) electrons. The number of hydrogen-bond acceptors (Lipinski definition) is 4. The minimum atomic E-state index is -4.69. The number of carbonyl (C=O) groups is 2. The Morgan fingerprint density at radius 2 is 1.69 bits per heavy atom. The molecule has 1 atom stereocenters. The Kier molecular flexibility index (Phi) is 10.0. The Bertz CT molecular complexity index is 1240. The molecule has 39 heavy (non-hydrogen) atoms. The number of anilines is 1. The van der Waals surface area contributed by atoms with Crippen LogP contribution in [0.15, 0.2) is 48.5 Å². The molecule has 3 rings (SSSR count). The second kappa shape index (κ2) is 12.8. The maximum Gasteiger partial charge on any atom is 0.416 e. The minimum absolute atomic E-state index is 0.00857. The van der Waals surface area contributed by atoms with Gasteiger partial charge < -0.3 is 10.2 Å². The lowest BCUT2D eigenvalue weighted by Gasteiger charge is -2.34. The van der Waals surface area contributed by atoms with Crippen LogP contribution in [0.5, 0.6) is 0 Å². The second-order valence-electron chi connectivity index (χ2n) is 10.1. The third-order valence-corrected chi connectivity index (χ3v) is 8.09. The number of carbonyl (C=O) groups excluding carboxylic acids is 2. The van der Waals surface area contributed by atoms with Crippen LogP contribution in [0.3, 0.4) is 0 Å². The van der Waals surface area contributed by atoms with Crippen LogP contribution in [-0.2, 0) is 32.3 Å². The van der Waals surface area contributed by atoms with Crippen molar-refractivity contribution in [1.82, 2.24) is 10.2 Å². The quantitative estimate of drug-likeness (QED) is 0.436. The number of hydrogen-bond donors (Lipinski definition) is 1. The molecule has 1 unspecified atom stereocenters. The average molecular weight is 568 g/mol. The molecular formula is C28H36F3N3O4S.